The van der Waals surface area contributed by atoms with E-state index in [9.17, 15) is 4.79 Å². The average Bonchev–Trinajstić information content (AvgIpc) is 2.40. The van der Waals surface area contributed by atoms with Gasteiger partial charge in [-0.05, 0) is 24.1 Å². The predicted molar refractivity (Wildman–Crippen MR) is 80.2 cm³/mol. The topological polar surface area (TPSA) is 62.2 Å². The first kappa shape index (κ1) is 16.0. The fourth-order valence-corrected chi connectivity index (χ4v) is 2.39. The van der Waals surface area contributed by atoms with Crippen LogP contribution >= 0.6 is 11.8 Å². The van der Waals surface area contributed by atoms with Gasteiger partial charge in [-0.15, -0.1) is 0 Å². The van der Waals surface area contributed by atoms with Crippen LogP contribution in [0.15, 0.2) is 18.3 Å². The zero-order chi connectivity index (χ0) is 14.1. The summed E-state index contributed by atoms with van der Waals surface area (Å²) in [5.74, 6) is 2.18. The average molecular weight is 282 g/mol. The lowest BCUT2D eigenvalue weighted by molar-refractivity contribution is -0.119. The van der Waals surface area contributed by atoms with E-state index in [1.807, 2.05) is 19.1 Å². The van der Waals surface area contributed by atoms with Crippen molar-refractivity contribution in [1.29, 1.82) is 0 Å². The standard InChI is InChI=1S/C14H22N2O2S/c1-3-4-11(2)14(18)16-13-9-12(5-6-15-13)10-19-8-7-17/h5-6,9,11,17H,3-4,7-8,10H2,1-2H3,(H,15,16,18). The van der Waals surface area contributed by atoms with Gasteiger partial charge in [0.2, 0.25) is 5.91 Å². The number of amides is 1. The highest BCUT2D eigenvalue weighted by Gasteiger charge is 2.12. The second-order valence-corrected chi connectivity index (χ2v) is 5.61. The molecule has 1 unspecified atom stereocenters. The summed E-state index contributed by atoms with van der Waals surface area (Å²) in [6, 6.07) is 3.82. The summed E-state index contributed by atoms with van der Waals surface area (Å²) >= 11 is 1.66. The van der Waals surface area contributed by atoms with E-state index in [0.29, 0.717) is 5.82 Å². The number of aliphatic hydroxyl groups is 1. The van der Waals surface area contributed by atoms with Crippen LogP contribution in [-0.4, -0.2) is 28.4 Å². The molecular weight excluding hydrogens is 260 g/mol. The molecule has 0 aromatic carbocycles. The van der Waals surface area contributed by atoms with E-state index in [-0.39, 0.29) is 18.4 Å². The van der Waals surface area contributed by atoms with Gasteiger partial charge in [0.25, 0.3) is 0 Å². The first-order valence-electron chi connectivity index (χ1n) is 6.61. The minimum atomic E-state index is 0.0132. The van der Waals surface area contributed by atoms with Crippen LogP contribution in [0.2, 0.25) is 0 Å². The number of anilines is 1. The first-order chi connectivity index (χ1) is 9.17. The number of carbonyl (C=O) groups excluding carboxylic acids is 1. The van der Waals surface area contributed by atoms with Crippen molar-refractivity contribution in [3.8, 4) is 0 Å². The third-order valence-corrected chi connectivity index (χ3v) is 3.76. The number of carbonyl (C=O) groups is 1. The predicted octanol–water partition coefficient (Wildman–Crippen LogP) is 2.68. The Morgan fingerprint density at radius 3 is 3.05 bits per heavy atom. The minimum absolute atomic E-state index is 0.0132. The van der Waals surface area contributed by atoms with Gasteiger partial charge in [0, 0.05) is 23.6 Å². The van der Waals surface area contributed by atoms with Crippen LogP contribution in [0.3, 0.4) is 0 Å². The quantitative estimate of drug-likeness (QED) is 0.720. The fraction of sp³-hybridized carbons (Fsp3) is 0.571. The Kier molecular flexibility index (Phi) is 7.52. The van der Waals surface area contributed by atoms with Crippen molar-refractivity contribution in [1.82, 2.24) is 4.98 Å². The lowest BCUT2D eigenvalue weighted by atomic mass is 10.1. The molecule has 1 amide bonds. The summed E-state index contributed by atoms with van der Waals surface area (Å²) in [6.07, 6.45) is 3.59. The lowest BCUT2D eigenvalue weighted by Crippen LogP contribution is -2.20. The third-order valence-electron chi connectivity index (χ3n) is 2.75. The maximum absolute atomic E-state index is 11.9. The van der Waals surface area contributed by atoms with Crippen molar-refractivity contribution in [2.45, 2.75) is 32.4 Å². The number of nitrogens with one attached hydrogen (secondary N) is 1. The molecule has 1 rings (SSSR count). The molecule has 0 aliphatic rings. The highest BCUT2D eigenvalue weighted by molar-refractivity contribution is 7.98. The maximum Gasteiger partial charge on any atom is 0.228 e. The van der Waals surface area contributed by atoms with Crippen LogP contribution in [0.25, 0.3) is 0 Å². The molecule has 4 nitrogen and oxygen atoms in total. The normalized spacial score (nSPS) is 12.2. The van der Waals surface area contributed by atoms with Gasteiger partial charge in [-0.25, -0.2) is 4.98 Å². The summed E-state index contributed by atoms with van der Waals surface area (Å²) < 4.78 is 0. The molecule has 0 bridgehead atoms. The van der Waals surface area contributed by atoms with Gasteiger partial charge in [0.1, 0.15) is 5.82 Å². The Bertz CT molecular complexity index is 399. The molecule has 1 atom stereocenters. The maximum atomic E-state index is 11.9. The van der Waals surface area contributed by atoms with Gasteiger partial charge in [-0.3, -0.25) is 4.79 Å². The van der Waals surface area contributed by atoms with Gasteiger partial charge in [0.15, 0.2) is 0 Å². The zero-order valence-electron chi connectivity index (χ0n) is 11.6. The third kappa shape index (κ3) is 6.07. The Morgan fingerprint density at radius 1 is 1.58 bits per heavy atom. The molecule has 2 N–H and O–H groups in total. The van der Waals surface area contributed by atoms with Crippen LogP contribution in [0.5, 0.6) is 0 Å². The highest BCUT2D eigenvalue weighted by Crippen LogP contribution is 2.15. The number of hydrogen-bond donors (Lipinski definition) is 2. The molecule has 0 saturated heterocycles. The Balaban J connectivity index is 2.54. The summed E-state index contributed by atoms with van der Waals surface area (Å²) in [5, 5.41) is 11.6. The van der Waals surface area contributed by atoms with E-state index in [4.69, 9.17) is 5.11 Å². The van der Waals surface area contributed by atoms with E-state index < -0.39 is 0 Å². The summed E-state index contributed by atoms with van der Waals surface area (Å²) in [5.41, 5.74) is 1.10. The van der Waals surface area contributed by atoms with E-state index in [0.717, 1.165) is 29.9 Å². The molecule has 1 heterocycles. The monoisotopic (exact) mass is 282 g/mol. The summed E-state index contributed by atoms with van der Waals surface area (Å²) in [6.45, 7) is 4.19. The molecule has 19 heavy (non-hydrogen) atoms. The Morgan fingerprint density at radius 2 is 2.37 bits per heavy atom. The smallest absolute Gasteiger partial charge is 0.228 e. The Labute approximate surface area is 119 Å². The molecule has 0 aliphatic heterocycles. The van der Waals surface area contributed by atoms with Crippen LogP contribution in [0, 0.1) is 5.92 Å². The second kappa shape index (κ2) is 8.93. The minimum Gasteiger partial charge on any atom is -0.396 e. The van der Waals surface area contributed by atoms with Crippen molar-refractivity contribution in [2.24, 2.45) is 5.92 Å². The van der Waals surface area contributed by atoms with E-state index in [2.05, 4.69) is 17.2 Å². The van der Waals surface area contributed by atoms with E-state index in [1.165, 1.54) is 0 Å². The molecule has 0 spiro atoms. The molecule has 0 radical (unpaired) electrons. The summed E-state index contributed by atoms with van der Waals surface area (Å²) in [7, 11) is 0. The molecule has 1 aromatic rings. The molecular formula is C14H22N2O2S. The Hall–Kier alpha value is -1.07. The summed E-state index contributed by atoms with van der Waals surface area (Å²) in [4.78, 5) is 16.0. The SMILES string of the molecule is CCCC(C)C(=O)Nc1cc(CSCCO)ccn1. The van der Waals surface area contributed by atoms with Gasteiger partial charge >= 0.3 is 0 Å². The van der Waals surface area contributed by atoms with Crippen LogP contribution in [0.1, 0.15) is 32.3 Å². The van der Waals surface area contributed by atoms with Crippen molar-refractivity contribution in [3.05, 3.63) is 23.9 Å². The van der Waals surface area contributed by atoms with E-state index >= 15 is 0 Å². The number of thioether (sulfide) groups is 1. The number of pyridine rings is 1. The number of rotatable bonds is 8. The van der Waals surface area contributed by atoms with Crippen LogP contribution in [0.4, 0.5) is 5.82 Å². The van der Waals surface area contributed by atoms with Crippen LogP contribution < -0.4 is 5.32 Å². The molecule has 0 saturated carbocycles. The highest BCUT2D eigenvalue weighted by atomic mass is 32.2. The van der Waals surface area contributed by atoms with Crippen LogP contribution in [-0.2, 0) is 10.5 Å². The molecule has 1 aromatic heterocycles. The van der Waals surface area contributed by atoms with Gasteiger partial charge in [0.05, 0.1) is 6.61 Å². The lowest BCUT2D eigenvalue weighted by Gasteiger charge is -2.11. The second-order valence-electron chi connectivity index (χ2n) is 4.50. The van der Waals surface area contributed by atoms with Crippen molar-refractivity contribution in [2.75, 3.05) is 17.7 Å². The van der Waals surface area contributed by atoms with Gasteiger partial charge < -0.3 is 10.4 Å². The fourth-order valence-electron chi connectivity index (χ4n) is 1.70. The number of hydrogen-bond acceptors (Lipinski definition) is 4. The largest absolute Gasteiger partial charge is 0.396 e. The van der Waals surface area contributed by atoms with E-state index in [1.54, 1.807) is 18.0 Å². The van der Waals surface area contributed by atoms with Crippen molar-refractivity contribution >= 4 is 23.5 Å². The zero-order valence-corrected chi connectivity index (χ0v) is 12.4. The number of aliphatic hydroxyl groups excluding tert-OH is 1. The molecule has 0 fully saturated rings. The first-order valence-corrected chi connectivity index (χ1v) is 7.77. The molecule has 5 heteroatoms. The van der Waals surface area contributed by atoms with Gasteiger partial charge in [-0.2, -0.15) is 11.8 Å². The van der Waals surface area contributed by atoms with Gasteiger partial charge in [-0.1, -0.05) is 20.3 Å². The molecule has 106 valence electrons. The number of aromatic nitrogens is 1. The van der Waals surface area contributed by atoms with Crippen molar-refractivity contribution < 1.29 is 9.90 Å². The molecule has 0 aliphatic carbocycles. The number of nitrogens with zero attached hydrogens (tertiary/aromatic N) is 1. The van der Waals surface area contributed by atoms with Crippen molar-refractivity contribution in [3.63, 3.8) is 0 Å².